The van der Waals surface area contributed by atoms with Crippen LogP contribution in [-0.4, -0.2) is 18.4 Å². The third kappa shape index (κ3) is 3.92. The molecule has 2 amide bonds. The Morgan fingerprint density at radius 2 is 1.78 bits per heavy atom. The van der Waals surface area contributed by atoms with Gasteiger partial charge in [0.25, 0.3) is 0 Å². The van der Waals surface area contributed by atoms with Gasteiger partial charge in [-0.3, -0.25) is 9.59 Å². The Hall–Kier alpha value is -1.41. The molecule has 0 aliphatic carbocycles. The number of carbonyl (C=O) groups excluding carboxylic acids is 2. The van der Waals surface area contributed by atoms with E-state index in [1.807, 2.05) is 48.5 Å². The highest BCUT2D eigenvalue weighted by Crippen LogP contribution is 2.27. The normalized spacial score (nSPS) is 17.4. The maximum Gasteiger partial charge on any atom is 0.229 e. The first kappa shape index (κ1) is 16.4. The lowest BCUT2D eigenvalue weighted by Gasteiger charge is -2.16. The number of carbonyl (C=O) groups is 2. The molecule has 2 aromatic carbocycles. The first-order valence-corrected chi connectivity index (χ1v) is 9.02. The molecule has 1 aliphatic heterocycles. The first-order chi connectivity index (χ1) is 11.0. The molecule has 0 bridgehead atoms. The van der Waals surface area contributed by atoms with Gasteiger partial charge in [-0.1, -0.05) is 15.9 Å². The van der Waals surface area contributed by atoms with Gasteiger partial charge in [0.05, 0.1) is 5.92 Å². The van der Waals surface area contributed by atoms with Crippen LogP contribution in [0.3, 0.4) is 0 Å². The van der Waals surface area contributed by atoms with Crippen LogP contribution in [0.1, 0.15) is 6.42 Å². The van der Waals surface area contributed by atoms with Crippen LogP contribution < -0.4 is 10.2 Å². The van der Waals surface area contributed by atoms with E-state index in [0.717, 1.165) is 19.4 Å². The Bertz CT molecular complexity index is 731. The molecule has 1 aliphatic rings. The van der Waals surface area contributed by atoms with E-state index in [0.29, 0.717) is 6.54 Å². The molecule has 1 N–H and O–H groups in total. The van der Waals surface area contributed by atoms with E-state index in [-0.39, 0.29) is 24.2 Å². The van der Waals surface area contributed by atoms with E-state index >= 15 is 0 Å². The van der Waals surface area contributed by atoms with Gasteiger partial charge in [-0.25, -0.2) is 0 Å². The number of hydrogen-bond acceptors (Lipinski definition) is 2. The summed E-state index contributed by atoms with van der Waals surface area (Å²) in [5, 5.41) is 2.88. The summed E-state index contributed by atoms with van der Waals surface area (Å²) >= 11 is 5.59. The lowest BCUT2D eigenvalue weighted by Crippen LogP contribution is -2.28. The molecule has 1 fully saturated rings. The van der Waals surface area contributed by atoms with Crippen molar-refractivity contribution in [2.75, 3.05) is 16.8 Å². The maximum absolute atomic E-state index is 12.4. The monoisotopic (exact) mass is 484 g/mol. The molecule has 4 nitrogen and oxygen atoms in total. The Labute approximate surface area is 156 Å². The Kier molecular flexibility index (Phi) is 5.01. The number of nitrogens with zero attached hydrogens (tertiary/aromatic N) is 1. The van der Waals surface area contributed by atoms with Gasteiger partial charge in [-0.2, -0.15) is 0 Å². The second-order valence-corrected chi connectivity index (χ2v) is 7.54. The van der Waals surface area contributed by atoms with E-state index in [2.05, 4.69) is 43.8 Å². The Morgan fingerprint density at radius 1 is 1.13 bits per heavy atom. The largest absolute Gasteiger partial charge is 0.326 e. The zero-order valence-corrected chi connectivity index (χ0v) is 15.9. The molecule has 1 atom stereocenters. The van der Waals surface area contributed by atoms with Crippen LogP contribution in [-0.2, 0) is 9.59 Å². The van der Waals surface area contributed by atoms with Gasteiger partial charge >= 0.3 is 0 Å². The summed E-state index contributed by atoms with van der Waals surface area (Å²) in [6.45, 7) is 0.413. The SMILES string of the molecule is O=C(Nc1ccc(I)cc1)[C@@H]1CC(=O)N(c2ccc(Br)cc2)C1. The van der Waals surface area contributed by atoms with Crippen molar-refractivity contribution in [3.05, 3.63) is 56.6 Å². The predicted molar refractivity (Wildman–Crippen MR) is 102 cm³/mol. The van der Waals surface area contributed by atoms with Crippen LogP contribution in [0.15, 0.2) is 53.0 Å². The van der Waals surface area contributed by atoms with Crippen molar-refractivity contribution in [3.63, 3.8) is 0 Å². The number of anilines is 2. The summed E-state index contributed by atoms with van der Waals surface area (Å²) in [5.74, 6) is -0.459. The van der Waals surface area contributed by atoms with Gasteiger partial charge < -0.3 is 10.2 Å². The van der Waals surface area contributed by atoms with Crippen molar-refractivity contribution >= 4 is 61.7 Å². The van der Waals surface area contributed by atoms with Crippen LogP contribution in [0, 0.1) is 9.49 Å². The molecule has 118 valence electrons. The highest BCUT2D eigenvalue weighted by atomic mass is 127. The predicted octanol–water partition coefficient (Wildman–Crippen LogP) is 4.05. The zero-order chi connectivity index (χ0) is 16.4. The van der Waals surface area contributed by atoms with Gasteiger partial charge in [-0.15, -0.1) is 0 Å². The van der Waals surface area contributed by atoms with E-state index < -0.39 is 0 Å². The number of nitrogens with one attached hydrogen (secondary N) is 1. The first-order valence-electron chi connectivity index (χ1n) is 7.15. The molecule has 0 radical (unpaired) electrons. The highest BCUT2D eigenvalue weighted by Gasteiger charge is 2.35. The molecule has 6 heteroatoms. The molecule has 23 heavy (non-hydrogen) atoms. The van der Waals surface area contributed by atoms with E-state index in [1.54, 1.807) is 4.90 Å². The van der Waals surface area contributed by atoms with Crippen molar-refractivity contribution in [2.45, 2.75) is 6.42 Å². The molecule has 3 rings (SSSR count). The number of hydrogen-bond donors (Lipinski definition) is 1. The van der Waals surface area contributed by atoms with Crippen LogP contribution >= 0.6 is 38.5 Å². The summed E-state index contributed by atoms with van der Waals surface area (Å²) in [5.41, 5.74) is 1.58. The van der Waals surface area contributed by atoms with Crippen molar-refractivity contribution in [3.8, 4) is 0 Å². The highest BCUT2D eigenvalue weighted by molar-refractivity contribution is 14.1. The smallest absolute Gasteiger partial charge is 0.229 e. The van der Waals surface area contributed by atoms with E-state index in [9.17, 15) is 9.59 Å². The number of benzene rings is 2. The maximum atomic E-state index is 12.4. The van der Waals surface area contributed by atoms with Crippen LogP contribution in [0.4, 0.5) is 11.4 Å². The van der Waals surface area contributed by atoms with Gasteiger partial charge in [0.2, 0.25) is 11.8 Å². The molecule has 0 spiro atoms. The van der Waals surface area contributed by atoms with Crippen LogP contribution in [0.25, 0.3) is 0 Å². The topological polar surface area (TPSA) is 49.4 Å². The van der Waals surface area contributed by atoms with E-state index in [4.69, 9.17) is 0 Å². The molecule has 0 saturated carbocycles. The lowest BCUT2D eigenvalue weighted by molar-refractivity contribution is -0.122. The molecule has 1 heterocycles. The fraction of sp³-hybridized carbons (Fsp3) is 0.176. The summed E-state index contributed by atoms with van der Waals surface area (Å²) in [7, 11) is 0. The second-order valence-electron chi connectivity index (χ2n) is 5.38. The summed E-state index contributed by atoms with van der Waals surface area (Å²) in [6.07, 6.45) is 0.242. The quantitative estimate of drug-likeness (QED) is 0.668. The molecule has 0 unspecified atom stereocenters. The van der Waals surface area contributed by atoms with Crippen LogP contribution in [0.2, 0.25) is 0 Å². The van der Waals surface area contributed by atoms with Crippen molar-refractivity contribution in [1.29, 1.82) is 0 Å². The zero-order valence-electron chi connectivity index (χ0n) is 12.1. The molecule has 2 aromatic rings. The molecular formula is C17H14BrIN2O2. The van der Waals surface area contributed by atoms with Crippen molar-refractivity contribution < 1.29 is 9.59 Å². The van der Waals surface area contributed by atoms with E-state index in [1.165, 1.54) is 0 Å². The summed E-state index contributed by atoms with van der Waals surface area (Å²) in [4.78, 5) is 26.3. The molecular weight excluding hydrogens is 471 g/mol. The van der Waals surface area contributed by atoms with Crippen LogP contribution in [0.5, 0.6) is 0 Å². The average molecular weight is 485 g/mol. The standard InChI is InChI=1S/C17H14BrIN2O2/c18-12-1-7-15(8-2-12)21-10-11(9-16(21)22)17(23)20-14-5-3-13(19)4-6-14/h1-8,11H,9-10H2,(H,20,23)/t11-/m1/s1. The van der Waals surface area contributed by atoms with Crippen molar-refractivity contribution in [2.24, 2.45) is 5.92 Å². The third-order valence-corrected chi connectivity index (χ3v) is 4.99. The third-order valence-electron chi connectivity index (χ3n) is 3.75. The Balaban J connectivity index is 1.68. The number of amides is 2. The fourth-order valence-electron chi connectivity index (χ4n) is 2.53. The number of rotatable bonds is 3. The second kappa shape index (κ2) is 7.00. The Morgan fingerprint density at radius 3 is 2.43 bits per heavy atom. The average Bonchev–Trinajstić information content (AvgIpc) is 2.92. The van der Waals surface area contributed by atoms with Gasteiger partial charge in [0.15, 0.2) is 0 Å². The molecule has 1 saturated heterocycles. The lowest BCUT2D eigenvalue weighted by atomic mass is 10.1. The molecule has 0 aromatic heterocycles. The minimum absolute atomic E-state index is 0.0184. The minimum Gasteiger partial charge on any atom is -0.326 e. The van der Waals surface area contributed by atoms with Gasteiger partial charge in [0, 0.05) is 32.4 Å². The summed E-state index contributed by atoms with van der Waals surface area (Å²) < 4.78 is 2.07. The van der Waals surface area contributed by atoms with Gasteiger partial charge in [0.1, 0.15) is 0 Å². The summed E-state index contributed by atoms with van der Waals surface area (Å²) in [6, 6.07) is 15.1. The fourth-order valence-corrected chi connectivity index (χ4v) is 3.16. The number of halogens is 2. The van der Waals surface area contributed by atoms with Crippen molar-refractivity contribution in [1.82, 2.24) is 0 Å². The van der Waals surface area contributed by atoms with Gasteiger partial charge in [-0.05, 0) is 71.1 Å². The minimum atomic E-state index is -0.328.